The maximum absolute atomic E-state index is 2.42. The van der Waals surface area contributed by atoms with Gasteiger partial charge in [-0.3, -0.25) is 0 Å². The normalized spacial score (nSPS) is 12.0. The van der Waals surface area contributed by atoms with E-state index in [1.54, 1.807) is 0 Å². The van der Waals surface area contributed by atoms with Crippen LogP contribution in [0.1, 0.15) is 169 Å². The van der Waals surface area contributed by atoms with Gasteiger partial charge in [0.25, 0.3) is 0 Å². The molecule has 0 rings (SSSR count). The topological polar surface area (TPSA) is 0 Å². The van der Waals surface area contributed by atoms with Crippen LogP contribution in [0, 0.1) is 0 Å². The molecule has 0 spiro atoms. The Balaban J connectivity index is 4.39. The number of rotatable bonds is 26. The lowest BCUT2D eigenvalue weighted by Gasteiger charge is -2.39. The van der Waals surface area contributed by atoms with Gasteiger partial charge in [-0.1, -0.05) is 124 Å². The summed E-state index contributed by atoms with van der Waals surface area (Å²) in [7, 11) is 0. The average Bonchev–Trinajstić information content (AvgIpc) is 2.77. The zero-order chi connectivity index (χ0) is 22.9. The fourth-order valence-corrected chi connectivity index (χ4v) is 5.36. The first kappa shape index (κ1) is 31.0. The first-order valence-electron chi connectivity index (χ1n) is 15.1. The van der Waals surface area contributed by atoms with Crippen molar-refractivity contribution < 1.29 is 4.48 Å². The van der Waals surface area contributed by atoms with Crippen molar-refractivity contribution in [2.24, 2.45) is 0 Å². The average molecular weight is 439 g/mol. The largest absolute Gasteiger partial charge is 0.324 e. The third kappa shape index (κ3) is 20.3. The summed E-state index contributed by atoms with van der Waals surface area (Å²) in [5.74, 6) is 0. The van der Waals surface area contributed by atoms with Gasteiger partial charge in [-0.15, -0.1) is 0 Å². The van der Waals surface area contributed by atoms with Gasteiger partial charge in [0.15, 0.2) is 0 Å². The zero-order valence-corrected chi connectivity index (χ0v) is 22.8. The van der Waals surface area contributed by atoms with Gasteiger partial charge in [-0.25, -0.2) is 0 Å². The number of nitrogens with zero attached hydrogens (tertiary/aromatic N) is 1. The molecule has 0 aromatic heterocycles. The minimum Gasteiger partial charge on any atom is -0.324 e. The van der Waals surface area contributed by atoms with Crippen molar-refractivity contribution in [3.8, 4) is 0 Å². The summed E-state index contributed by atoms with van der Waals surface area (Å²) in [5.41, 5.74) is 0. The van der Waals surface area contributed by atoms with Crippen molar-refractivity contribution in [1.29, 1.82) is 0 Å². The van der Waals surface area contributed by atoms with Crippen molar-refractivity contribution in [2.75, 3.05) is 26.2 Å². The highest BCUT2D eigenvalue weighted by Crippen LogP contribution is 2.19. The van der Waals surface area contributed by atoms with Crippen LogP contribution in [-0.2, 0) is 0 Å². The van der Waals surface area contributed by atoms with E-state index in [0.29, 0.717) is 0 Å². The third-order valence-electron chi connectivity index (χ3n) is 7.41. The summed E-state index contributed by atoms with van der Waals surface area (Å²) >= 11 is 0. The van der Waals surface area contributed by atoms with E-state index in [1.165, 1.54) is 172 Å². The summed E-state index contributed by atoms with van der Waals surface area (Å²) < 4.78 is 1.45. The lowest BCUT2D eigenvalue weighted by atomic mass is 10.0. The Morgan fingerprint density at radius 2 is 0.516 bits per heavy atom. The van der Waals surface area contributed by atoms with Gasteiger partial charge in [0.2, 0.25) is 0 Å². The molecule has 0 unspecified atom stereocenters. The van der Waals surface area contributed by atoms with Crippen LogP contribution in [0.3, 0.4) is 0 Å². The molecule has 0 aliphatic rings. The Hall–Kier alpha value is -0.0400. The van der Waals surface area contributed by atoms with Crippen LogP contribution in [0.2, 0.25) is 0 Å². The highest BCUT2D eigenvalue weighted by Gasteiger charge is 2.25. The molecular formula is C30H64N+. The second-order valence-corrected chi connectivity index (χ2v) is 10.6. The summed E-state index contributed by atoms with van der Waals surface area (Å²) in [4.78, 5) is 0. The SMILES string of the molecule is CCCCCCCCC[N+](CCC)(CCCCCCCCC)CCCCCCCCC. The van der Waals surface area contributed by atoms with Crippen LogP contribution in [0.4, 0.5) is 0 Å². The van der Waals surface area contributed by atoms with Gasteiger partial charge in [0, 0.05) is 0 Å². The first-order chi connectivity index (χ1) is 15.2. The molecule has 0 heterocycles. The molecule has 0 atom stereocenters. The molecule has 0 aliphatic heterocycles. The second kappa shape index (κ2) is 24.6. The lowest BCUT2D eigenvalue weighted by Crippen LogP contribution is -2.50. The lowest BCUT2D eigenvalue weighted by molar-refractivity contribution is -0.929. The molecular weight excluding hydrogens is 374 g/mol. The van der Waals surface area contributed by atoms with E-state index < -0.39 is 0 Å². The smallest absolute Gasteiger partial charge is 0.0786 e. The molecule has 0 saturated carbocycles. The highest BCUT2D eigenvalue weighted by molar-refractivity contribution is 4.54. The summed E-state index contributed by atoms with van der Waals surface area (Å²) in [6.45, 7) is 15.2. The molecule has 0 saturated heterocycles. The Morgan fingerprint density at radius 1 is 0.258 bits per heavy atom. The van der Waals surface area contributed by atoms with Crippen LogP contribution in [0.15, 0.2) is 0 Å². The first-order valence-corrected chi connectivity index (χ1v) is 15.1. The quantitative estimate of drug-likeness (QED) is 0.0930. The molecule has 1 heteroatoms. The molecule has 0 radical (unpaired) electrons. The summed E-state index contributed by atoms with van der Waals surface area (Å²) in [5, 5.41) is 0. The van der Waals surface area contributed by atoms with E-state index in [9.17, 15) is 0 Å². The van der Waals surface area contributed by atoms with E-state index >= 15 is 0 Å². The van der Waals surface area contributed by atoms with E-state index in [4.69, 9.17) is 0 Å². The fraction of sp³-hybridized carbons (Fsp3) is 1.00. The summed E-state index contributed by atoms with van der Waals surface area (Å²) in [6.07, 6.45) is 31.8. The van der Waals surface area contributed by atoms with E-state index in [2.05, 4.69) is 27.7 Å². The van der Waals surface area contributed by atoms with Crippen LogP contribution < -0.4 is 0 Å². The van der Waals surface area contributed by atoms with Crippen molar-refractivity contribution in [3.05, 3.63) is 0 Å². The molecule has 0 bridgehead atoms. The monoisotopic (exact) mass is 439 g/mol. The van der Waals surface area contributed by atoms with Crippen LogP contribution in [0.5, 0.6) is 0 Å². The number of quaternary nitrogens is 1. The van der Waals surface area contributed by atoms with Gasteiger partial charge in [0.05, 0.1) is 26.2 Å². The maximum Gasteiger partial charge on any atom is 0.0786 e. The standard InChI is InChI=1S/C30H64N/c1-5-9-12-15-18-21-24-28-31(27-8-4,29-25-22-19-16-13-10-6-2)30-26-23-20-17-14-11-7-3/h5-30H2,1-4H3/q+1. The minimum atomic E-state index is 1.36. The van der Waals surface area contributed by atoms with E-state index in [1.807, 2.05) is 0 Å². The molecule has 1 nitrogen and oxygen atoms in total. The predicted octanol–water partition coefficient (Wildman–Crippen LogP) is 10.5. The van der Waals surface area contributed by atoms with Crippen LogP contribution in [0.25, 0.3) is 0 Å². The van der Waals surface area contributed by atoms with E-state index in [0.717, 1.165) is 0 Å². The van der Waals surface area contributed by atoms with Crippen molar-refractivity contribution in [1.82, 2.24) is 0 Å². The van der Waals surface area contributed by atoms with Crippen molar-refractivity contribution in [3.63, 3.8) is 0 Å². The van der Waals surface area contributed by atoms with Crippen molar-refractivity contribution >= 4 is 0 Å². The van der Waals surface area contributed by atoms with E-state index in [-0.39, 0.29) is 0 Å². The summed E-state index contributed by atoms with van der Waals surface area (Å²) in [6, 6.07) is 0. The molecule has 0 fully saturated rings. The van der Waals surface area contributed by atoms with Gasteiger partial charge >= 0.3 is 0 Å². The molecule has 0 amide bonds. The molecule has 31 heavy (non-hydrogen) atoms. The van der Waals surface area contributed by atoms with Crippen LogP contribution >= 0.6 is 0 Å². The molecule has 0 N–H and O–H groups in total. The molecule has 0 aromatic carbocycles. The Morgan fingerprint density at radius 3 is 0.774 bits per heavy atom. The second-order valence-electron chi connectivity index (χ2n) is 10.6. The zero-order valence-electron chi connectivity index (χ0n) is 22.8. The number of unbranched alkanes of at least 4 members (excludes halogenated alkanes) is 18. The minimum absolute atomic E-state index is 1.36. The van der Waals surface area contributed by atoms with Crippen LogP contribution in [-0.4, -0.2) is 30.7 Å². The van der Waals surface area contributed by atoms with Gasteiger partial charge in [0.1, 0.15) is 0 Å². The van der Waals surface area contributed by atoms with Gasteiger partial charge < -0.3 is 4.48 Å². The van der Waals surface area contributed by atoms with Gasteiger partial charge in [-0.2, -0.15) is 0 Å². The Labute approximate surface area is 199 Å². The number of hydrogen-bond acceptors (Lipinski definition) is 0. The molecule has 0 aromatic rings. The third-order valence-corrected chi connectivity index (χ3v) is 7.41. The predicted molar refractivity (Wildman–Crippen MR) is 144 cm³/mol. The Kier molecular flexibility index (Phi) is 24.6. The maximum atomic E-state index is 2.42. The molecule has 188 valence electrons. The van der Waals surface area contributed by atoms with Crippen molar-refractivity contribution in [2.45, 2.75) is 169 Å². The fourth-order valence-electron chi connectivity index (χ4n) is 5.36. The van der Waals surface area contributed by atoms with Gasteiger partial charge in [-0.05, 0) is 44.9 Å². The number of hydrogen-bond donors (Lipinski definition) is 0. The highest BCUT2D eigenvalue weighted by atomic mass is 15.3. The molecule has 0 aliphatic carbocycles. The Bertz CT molecular complexity index is 279.